The maximum atomic E-state index is 13.0. The van der Waals surface area contributed by atoms with E-state index in [1.54, 1.807) is 0 Å². The van der Waals surface area contributed by atoms with Crippen molar-refractivity contribution in [3.63, 3.8) is 0 Å². The van der Waals surface area contributed by atoms with Gasteiger partial charge in [0.15, 0.2) is 5.78 Å². The molecule has 1 aliphatic rings. The highest BCUT2D eigenvalue weighted by atomic mass is 79.9. The molecule has 4 nitrogen and oxygen atoms in total. The second-order valence-corrected chi connectivity index (χ2v) is 7.01. The van der Waals surface area contributed by atoms with Crippen LogP contribution in [0.2, 0.25) is 0 Å². The van der Waals surface area contributed by atoms with Gasteiger partial charge in [-0.3, -0.25) is 9.79 Å². The van der Waals surface area contributed by atoms with Crippen LogP contribution in [0.15, 0.2) is 47.5 Å². The second kappa shape index (κ2) is 10.4. The van der Waals surface area contributed by atoms with Crippen molar-refractivity contribution < 1.29 is 9.53 Å². The molecule has 0 fully saturated rings. The zero-order valence-electron chi connectivity index (χ0n) is 16.9. The van der Waals surface area contributed by atoms with Gasteiger partial charge in [0.25, 0.3) is 0 Å². The lowest BCUT2D eigenvalue weighted by Gasteiger charge is -2.29. The first-order valence-electron chi connectivity index (χ1n) is 9.72. The lowest BCUT2D eigenvalue weighted by Crippen LogP contribution is -2.37. The van der Waals surface area contributed by atoms with Crippen LogP contribution in [-0.2, 0) is 0 Å². The van der Waals surface area contributed by atoms with Crippen LogP contribution in [-0.4, -0.2) is 31.3 Å². The number of benzene rings is 2. The highest BCUT2D eigenvalue weighted by molar-refractivity contribution is 8.93. The summed E-state index contributed by atoms with van der Waals surface area (Å²) in [6.45, 7) is 7.88. The number of anilines is 1. The summed E-state index contributed by atoms with van der Waals surface area (Å²) in [7, 11) is 0. The van der Waals surface area contributed by atoms with Gasteiger partial charge < -0.3 is 9.64 Å². The van der Waals surface area contributed by atoms with Gasteiger partial charge in [0.1, 0.15) is 11.6 Å². The van der Waals surface area contributed by atoms with E-state index in [1.807, 2.05) is 31.2 Å². The highest BCUT2D eigenvalue weighted by Crippen LogP contribution is 2.25. The number of amidine groups is 1. The molecule has 0 saturated heterocycles. The van der Waals surface area contributed by atoms with Crippen LogP contribution in [0.4, 0.5) is 5.69 Å². The van der Waals surface area contributed by atoms with Crippen LogP contribution < -0.4 is 9.64 Å². The summed E-state index contributed by atoms with van der Waals surface area (Å²) in [6, 6.07) is 13.8. The van der Waals surface area contributed by atoms with Crippen molar-refractivity contribution in [1.82, 2.24) is 0 Å². The zero-order chi connectivity index (χ0) is 19.2. The van der Waals surface area contributed by atoms with Crippen LogP contribution >= 0.6 is 17.0 Å². The van der Waals surface area contributed by atoms with Crippen molar-refractivity contribution in [2.75, 3.05) is 24.6 Å². The van der Waals surface area contributed by atoms with E-state index in [2.05, 4.69) is 36.9 Å². The third-order valence-corrected chi connectivity index (χ3v) is 4.86. The Morgan fingerprint density at radius 3 is 2.50 bits per heavy atom. The maximum absolute atomic E-state index is 13.0. The second-order valence-electron chi connectivity index (χ2n) is 7.01. The number of hydrogen-bond donors (Lipinski definition) is 0. The number of ketones is 1. The average Bonchev–Trinajstić information content (AvgIpc) is 2.69. The number of ether oxygens (including phenoxy) is 1. The lowest BCUT2D eigenvalue weighted by molar-refractivity contribution is 0.100. The van der Waals surface area contributed by atoms with Gasteiger partial charge >= 0.3 is 0 Å². The number of rotatable bonds is 6. The number of aliphatic imine (C=N–C) groups is 1. The molecular weight excluding hydrogens is 416 g/mol. The van der Waals surface area contributed by atoms with Crippen LogP contribution in [0.25, 0.3) is 0 Å². The normalized spacial score (nSPS) is 13.3. The Morgan fingerprint density at radius 1 is 1.11 bits per heavy atom. The smallest absolute Gasteiger partial charge is 0.182 e. The van der Waals surface area contributed by atoms with Crippen LogP contribution in [0, 0.1) is 13.8 Å². The minimum atomic E-state index is 0. The van der Waals surface area contributed by atoms with E-state index >= 15 is 0 Å². The lowest BCUT2D eigenvalue weighted by atomic mass is 10.1. The van der Waals surface area contributed by atoms with E-state index < -0.39 is 0 Å². The van der Waals surface area contributed by atoms with Crippen molar-refractivity contribution in [2.45, 2.75) is 40.0 Å². The van der Waals surface area contributed by atoms with Gasteiger partial charge in [0.05, 0.1) is 13.2 Å². The topological polar surface area (TPSA) is 41.9 Å². The third-order valence-electron chi connectivity index (χ3n) is 4.86. The highest BCUT2D eigenvalue weighted by Gasteiger charge is 2.21. The van der Waals surface area contributed by atoms with E-state index in [-0.39, 0.29) is 22.8 Å². The number of Topliss-reactive ketones (excluding diaryl/α,β-unsaturated/α-hetero) is 1. The summed E-state index contributed by atoms with van der Waals surface area (Å²) in [5.41, 5.74) is 4.12. The molecule has 0 radical (unpaired) electrons. The van der Waals surface area contributed by atoms with Crippen LogP contribution in [0.1, 0.15) is 47.7 Å². The van der Waals surface area contributed by atoms with Gasteiger partial charge in [0.2, 0.25) is 0 Å². The van der Waals surface area contributed by atoms with E-state index in [0.717, 1.165) is 48.6 Å². The molecule has 0 spiro atoms. The molecule has 1 heterocycles. The first-order chi connectivity index (χ1) is 13.1. The predicted molar refractivity (Wildman–Crippen MR) is 122 cm³/mol. The largest absolute Gasteiger partial charge is 0.494 e. The molecule has 0 unspecified atom stereocenters. The van der Waals surface area contributed by atoms with Crippen molar-refractivity contribution >= 4 is 34.3 Å². The van der Waals surface area contributed by atoms with E-state index in [9.17, 15) is 4.79 Å². The molecule has 0 amide bonds. The fraction of sp³-hybridized carbons (Fsp3) is 0.391. The Kier molecular flexibility index (Phi) is 8.24. The first kappa shape index (κ1) is 22.2. The molecule has 150 valence electrons. The number of hydrogen-bond acceptors (Lipinski definition) is 4. The Hall–Kier alpha value is -2.14. The number of carbonyl (C=O) groups excluding carboxylic acids is 1. The zero-order valence-corrected chi connectivity index (χ0v) is 18.6. The van der Waals surface area contributed by atoms with Gasteiger partial charge in [0, 0.05) is 24.2 Å². The molecule has 0 saturated carbocycles. The fourth-order valence-corrected chi connectivity index (χ4v) is 3.37. The summed E-state index contributed by atoms with van der Waals surface area (Å²) in [6.07, 6.45) is 3.17. The summed E-state index contributed by atoms with van der Waals surface area (Å²) >= 11 is 0. The third kappa shape index (κ3) is 5.44. The molecule has 3 rings (SSSR count). The molecule has 0 atom stereocenters. The Balaban J connectivity index is 0.00000280. The Morgan fingerprint density at radius 2 is 1.86 bits per heavy atom. The summed E-state index contributed by atoms with van der Waals surface area (Å²) < 4.78 is 5.47. The van der Waals surface area contributed by atoms with Gasteiger partial charge in [-0.25, -0.2) is 0 Å². The van der Waals surface area contributed by atoms with Crippen LogP contribution in [0.3, 0.4) is 0 Å². The fourth-order valence-electron chi connectivity index (χ4n) is 3.37. The van der Waals surface area contributed by atoms with Gasteiger partial charge in [-0.2, -0.15) is 0 Å². The number of aryl methyl sites for hydroxylation is 2. The standard InChI is InChI=1S/C23H28N2O2.BrH/c1-4-27-20-12-10-19(11-13-20)22(26)16-25(23-7-5-6-14-24-23)21-15-17(2)8-9-18(21)3;/h8-13,15H,4-7,14,16H2,1-3H3;1H. The Bertz CT molecular complexity index is 831. The number of carbonyl (C=O) groups is 1. The van der Waals surface area contributed by atoms with Gasteiger partial charge in [-0.05, 0) is 75.1 Å². The minimum absolute atomic E-state index is 0. The molecule has 2 aromatic carbocycles. The number of halogens is 1. The van der Waals surface area contributed by atoms with Crippen LogP contribution in [0.5, 0.6) is 5.75 Å². The first-order valence-corrected chi connectivity index (χ1v) is 9.72. The summed E-state index contributed by atoms with van der Waals surface area (Å²) in [4.78, 5) is 19.8. The molecule has 1 aliphatic heterocycles. The maximum Gasteiger partial charge on any atom is 0.182 e. The van der Waals surface area contributed by atoms with Gasteiger partial charge in [-0.15, -0.1) is 17.0 Å². The number of nitrogens with zero attached hydrogens (tertiary/aromatic N) is 2. The molecule has 2 aromatic rings. The molecule has 0 N–H and O–H groups in total. The van der Waals surface area contributed by atoms with Crippen molar-refractivity contribution in [1.29, 1.82) is 0 Å². The molecule has 0 aromatic heterocycles. The molecule has 0 bridgehead atoms. The summed E-state index contributed by atoms with van der Waals surface area (Å²) in [5.74, 6) is 1.90. The van der Waals surface area contributed by atoms with Gasteiger partial charge in [-0.1, -0.05) is 12.1 Å². The quantitative estimate of drug-likeness (QED) is 0.548. The average molecular weight is 445 g/mol. The molecule has 0 aliphatic carbocycles. The van der Waals surface area contributed by atoms with E-state index in [4.69, 9.17) is 9.73 Å². The predicted octanol–water partition coefficient (Wildman–Crippen LogP) is 5.55. The SMILES string of the molecule is Br.CCOc1ccc(C(=O)CN(C2=NCCCC2)c2cc(C)ccc2C)cc1. The molecule has 5 heteroatoms. The van der Waals surface area contributed by atoms with E-state index in [1.165, 1.54) is 5.56 Å². The molecule has 28 heavy (non-hydrogen) atoms. The van der Waals surface area contributed by atoms with Crippen molar-refractivity contribution in [3.05, 3.63) is 59.2 Å². The summed E-state index contributed by atoms with van der Waals surface area (Å²) in [5, 5.41) is 0. The van der Waals surface area contributed by atoms with Crippen molar-refractivity contribution in [3.8, 4) is 5.75 Å². The molecular formula is C23H29BrN2O2. The van der Waals surface area contributed by atoms with E-state index in [0.29, 0.717) is 18.7 Å². The minimum Gasteiger partial charge on any atom is -0.494 e. The van der Waals surface area contributed by atoms with Crippen molar-refractivity contribution in [2.24, 2.45) is 4.99 Å². The Labute approximate surface area is 178 Å². The monoisotopic (exact) mass is 444 g/mol.